The second-order valence-corrected chi connectivity index (χ2v) is 14.1. The molecular formula is C35H74N10O14. The van der Waals surface area contributed by atoms with Gasteiger partial charge in [-0.3, -0.25) is 29.4 Å². The minimum Gasteiger partial charge on any atom is -0.480 e. The van der Waals surface area contributed by atoms with Crippen molar-refractivity contribution in [2.45, 2.75) is 136 Å². The molecule has 23 N–H and O–H groups in total. The predicted octanol–water partition coefficient (Wildman–Crippen LogP) is -2.46. The summed E-state index contributed by atoms with van der Waals surface area (Å²) in [4.78, 5) is 72.4. The monoisotopic (exact) mass is 859 g/mol. The van der Waals surface area contributed by atoms with Crippen molar-refractivity contribution in [1.29, 1.82) is 5.41 Å². The lowest BCUT2D eigenvalue weighted by Gasteiger charge is -2.11. The summed E-state index contributed by atoms with van der Waals surface area (Å²) >= 11 is 0. The first kappa shape index (κ1) is 63.6. The number of esters is 2. The molecule has 0 aromatic rings. The Morgan fingerprint density at radius 3 is 1.37 bits per heavy atom. The van der Waals surface area contributed by atoms with E-state index in [-0.39, 0.29) is 17.9 Å². The van der Waals surface area contributed by atoms with E-state index in [4.69, 9.17) is 76.2 Å². The molecule has 1 heterocycles. The van der Waals surface area contributed by atoms with E-state index >= 15 is 0 Å². The smallest absolute Gasteiger partial charge is 0.330 e. The van der Waals surface area contributed by atoms with Crippen LogP contribution in [-0.2, 0) is 38.3 Å². The molecule has 0 aromatic carbocycles. The first-order valence-electron chi connectivity index (χ1n) is 18.8. The lowest BCUT2D eigenvalue weighted by atomic mass is 10.0. The first-order chi connectivity index (χ1) is 27.0. The van der Waals surface area contributed by atoms with Crippen molar-refractivity contribution in [2.24, 2.45) is 57.9 Å². The fraction of sp³-hybridized carbons (Fsp3) is 0.771. The maximum Gasteiger partial charge on any atom is 0.330 e. The van der Waals surface area contributed by atoms with Gasteiger partial charge in [-0.25, -0.2) is 9.59 Å². The molecule has 1 aliphatic rings. The molecule has 24 heteroatoms. The van der Waals surface area contributed by atoms with Gasteiger partial charge in [0.15, 0.2) is 5.96 Å². The van der Waals surface area contributed by atoms with Gasteiger partial charge in [-0.05, 0) is 69.7 Å². The Kier molecular flexibility index (Phi) is 40.6. The summed E-state index contributed by atoms with van der Waals surface area (Å²) in [6.45, 7) is 13.7. The second-order valence-electron chi connectivity index (χ2n) is 14.1. The van der Waals surface area contributed by atoms with Crippen LogP contribution in [0.15, 0.2) is 0 Å². The van der Waals surface area contributed by atoms with Gasteiger partial charge in [0.1, 0.15) is 42.3 Å². The van der Waals surface area contributed by atoms with Crippen LogP contribution in [0.3, 0.4) is 0 Å². The van der Waals surface area contributed by atoms with Crippen molar-refractivity contribution in [3.8, 4) is 0 Å². The van der Waals surface area contributed by atoms with Gasteiger partial charge in [0.2, 0.25) is 0 Å². The molecule has 1 aliphatic heterocycles. The van der Waals surface area contributed by atoms with E-state index < -0.39 is 84.6 Å². The van der Waals surface area contributed by atoms with Crippen LogP contribution in [0.5, 0.6) is 0 Å². The van der Waals surface area contributed by atoms with Crippen LogP contribution < -0.4 is 50.8 Å². The molecule has 348 valence electrons. The average Bonchev–Trinajstić information content (AvgIpc) is 3.69. The van der Waals surface area contributed by atoms with Gasteiger partial charge in [-0.15, -0.1) is 0 Å². The third-order valence-electron chi connectivity index (χ3n) is 7.38. The SMILES string of the molecule is CC(C)C[C@H](N)C(=O)O.CC(C)C[C@H](N)C(=O)O.CC[C@H](C)[C@H](N)C(=O)O.C[C@H](N)C(=O)OC(=O)[C@@H](N)CCCNC(=N)N.N[C@@H](CO)C(=O)O.O=C(O)[C@@H]1CCCN1. The van der Waals surface area contributed by atoms with Gasteiger partial charge in [0, 0.05) is 6.54 Å². The Hall–Kier alpha value is -4.56. The number of nitrogens with one attached hydrogen (secondary N) is 3. The number of carboxylic acid groups (broad SMARTS) is 5. The lowest BCUT2D eigenvalue weighted by molar-refractivity contribution is -0.161. The molecule has 0 amide bonds. The number of rotatable bonds is 18. The van der Waals surface area contributed by atoms with Crippen LogP contribution >= 0.6 is 0 Å². The Labute approximate surface area is 345 Å². The zero-order valence-corrected chi connectivity index (χ0v) is 35.3. The van der Waals surface area contributed by atoms with E-state index in [9.17, 15) is 33.6 Å². The summed E-state index contributed by atoms with van der Waals surface area (Å²) in [7, 11) is 0. The van der Waals surface area contributed by atoms with Crippen molar-refractivity contribution in [2.75, 3.05) is 19.7 Å². The molecule has 0 spiro atoms. The Bertz CT molecular complexity index is 1200. The molecule has 1 rings (SSSR count). The van der Waals surface area contributed by atoms with Crippen LogP contribution in [0.1, 0.15) is 93.4 Å². The van der Waals surface area contributed by atoms with Crippen LogP contribution in [0.4, 0.5) is 0 Å². The normalized spacial score (nSPS) is 16.1. The molecule has 8 atom stereocenters. The number of aliphatic hydroxyl groups excluding tert-OH is 1. The highest BCUT2D eigenvalue weighted by molar-refractivity contribution is 5.90. The minimum atomic E-state index is -1.18. The largest absolute Gasteiger partial charge is 0.480 e. The third kappa shape index (κ3) is 42.9. The van der Waals surface area contributed by atoms with Crippen molar-refractivity contribution < 1.29 is 68.9 Å². The molecule has 24 nitrogen and oxygen atoms in total. The molecular weight excluding hydrogens is 784 g/mol. The van der Waals surface area contributed by atoms with Gasteiger partial charge in [0.05, 0.1) is 6.61 Å². The van der Waals surface area contributed by atoms with E-state index in [1.165, 1.54) is 6.92 Å². The number of carboxylic acids is 5. The van der Waals surface area contributed by atoms with Crippen molar-refractivity contribution in [3.63, 3.8) is 0 Å². The number of carbonyl (C=O) groups excluding carboxylic acids is 2. The zero-order valence-electron chi connectivity index (χ0n) is 35.3. The van der Waals surface area contributed by atoms with E-state index in [1.807, 2.05) is 41.5 Å². The average molecular weight is 859 g/mol. The number of carbonyl (C=O) groups is 7. The highest BCUT2D eigenvalue weighted by Crippen LogP contribution is 2.05. The minimum absolute atomic E-state index is 0.0718. The van der Waals surface area contributed by atoms with Crippen molar-refractivity contribution >= 4 is 47.7 Å². The molecule has 0 radical (unpaired) electrons. The van der Waals surface area contributed by atoms with Crippen LogP contribution in [0.25, 0.3) is 0 Å². The Morgan fingerprint density at radius 1 is 0.729 bits per heavy atom. The maximum atomic E-state index is 11.3. The predicted molar refractivity (Wildman–Crippen MR) is 218 cm³/mol. The van der Waals surface area contributed by atoms with Crippen molar-refractivity contribution in [3.05, 3.63) is 0 Å². The molecule has 0 bridgehead atoms. The number of hydrogen-bond acceptors (Lipinski definition) is 17. The quantitative estimate of drug-likeness (QED) is 0.0223. The standard InChI is InChI=1S/C9H19N5O3.3C6H13NO2.C5H9NO2.C3H7NO3/c1-5(10)7(15)17-8(16)6(11)3-2-4-14-9(12)13;2*1-4(2)3-5(7)6(8)9;1-3-4(2)5(7)6(8)9;7-5(8)4-2-1-3-6-4;4-2(1-5)3(6)7/h5-6H,2-4,10-11H2,1H3,(H4,12,13,14);3*4-5H,3,7H2,1-2H3,(H,8,9);4,6H,1-3H2,(H,7,8);2,5H,1,4H2,(H,6,7)/t5-,6-;2*5-;4-,5-;4-;2-/m000000/s1. The van der Waals surface area contributed by atoms with E-state index in [0.717, 1.165) is 25.8 Å². The fourth-order valence-corrected chi connectivity index (χ4v) is 3.62. The van der Waals surface area contributed by atoms with Gasteiger partial charge in [-0.2, -0.15) is 0 Å². The molecule has 0 aromatic heterocycles. The fourth-order valence-electron chi connectivity index (χ4n) is 3.62. The highest BCUT2D eigenvalue weighted by atomic mass is 16.6. The van der Waals surface area contributed by atoms with Crippen LogP contribution in [-0.4, -0.2) is 140 Å². The third-order valence-corrected chi connectivity index (χ3v) is 7.38. The van der Waals surface area contributed by atoms with Crippen LogP contribution in [0, 0.1) is 23.2 Å². The number of aliphatic hydroxyl groups is 1. The Morgan fingerprint density at radius 2 is 1.17 bits per heavy atom. The molecule has 0 saturated carbocycles. The van der Waals surface area contributed by atoms with E-state index in [1.54, 1.807) is 0 Å². The van der Waals surface area contributed by atoms with Gasteiger partial charge < -0.3 is 86.1 Å². The number of guanidine groups is 1. The van der Waals surface area contributed by atoms with Gasteiger partial charge in [0.25, 0.3) is 0 Å². The van der Waals surface area contributed by atoms with E-state index in [2.05, 4.69) is 15.4 Å². The topological polar surface area (TPSA) is 480 Å². The molecule has 0 unspecified atom stereocenters. The second kappa shape index (κ2) is 37.7. The molecule has 1 saturated heterocycles. The number of nitrogens with two attached hydrogens (primary N) is 7. The summed E-state index contributed by atoms with van der Waals surface area (Å²) in [6.07, 6.45) is 4.55. The number of ether oxygens (including phenoxy) is 1. The summed E-state index contributed by atoms with van der Waals surface area (Å²) < 4.78 is 4.44. The molecule has 0 aliphatic carbocycles. The molecule has 59 heavy (non-hydrogen) atoms. The summed E-state index contributed by atoms with van der Waals surface area (Å²) in [5, 5.41) is 61.5. The maximum absolute atomic E-state index is 11.3. The van der Waals surface area contributed by atoms with Gasteiger partial charge >= 0.3 is 41.8 Å². The summed E-state index contributed by atoms with van der Waals surface area (Å²) in [5.74, 6) is -5.59. The molecule has 1 fully saturated rings. The highest BCUT2D eigenvalue weighted by Gasteiger charge is 2.21. The van der Waals surface area contributed by atoms with Crippen molar-refractivity contribution in [1.82, 2.24) is 10.6 Å². The number of aliphatic carboxylic acids is 5. The summed E-state index contributed by atoms with van der Waals surface area (Å²) in [5.41, 5.74) is 36.3. The lowest BCUT2D eigenvalue weighted by Crippen LogP contribution is -2.39. The summed E-state index contributed by atoms with van der Waals surface area (Å²) in [6, 6.07) is -5.21. The van der Waals surface area contributed by atoms with Gasteiger partial charge in [-0.1, -0.05) is 48.0 Å². The first-order valence-corrected chi connectivity index (χ1v) is 18.8. The van der Waals surface area contributed by atoms with E-state index in [0.29, 0.717) is 44.1 Å². The zero-order chi connectivity index (χ0) is 47.6. The van der Waals surface area contributed by atoms with Crippen LogP contribution in [0.2, 0.25) is 0 Å². The number of hydrogen-bond donors (Lipinski definition) is 16. The Balaban J connectivity index is -0.000000204.